The molecule has 0 fully saturated rings. The van der Waals surface area contributed by atoms with E-state index in [2.05, 4.69) is 5.16 Å². The number of benzene rings is 2. The Hall–Kier alpha value is -3.94. The van der Waals surface area contributed by atoms with Crippen LogP contribution in [0.25, 0.3) is 11.3 Å². The molecular weight excluding hydrogens is 400 g/mol. The molecule has 0 radical (unpaired) electrons. The first-order valence-corrected chi connectivity index (χ1v) is 9.86. The Morgan fingerprint density at radius 1 is 1.13 bits per heavy atom. The van der Waals surface area contributed by atoms with Crippen LogP contribution in [0.15, 0.2) is 53.1 Å². The van der Waals surface area contributed by atoms with Crippen LogP contribution in [0.5, 0.6) is 5.75 Å². The number of rotatable bonds is 5. The highest BCUT2D eigenvalue weighted by Gasteiger charge is 2.36. The van der Waals surface area contributed by atoms with Crippen molar-refractivity contribution in [3.05, 3.63) is 70.9 Å². The van der Waals surface area contributed by atoms with Gasteiger partial charge in [-0.25, -0.2) is 0 Å². The van der Waals surface area contributed by atoms with Gasteiger partial charge in [-0.15, -0.1) is 0 Å². The van der Waals surface area contributed by atoms with Crippen molar-refractivity contribution in [3.8, 4) is 17.1 Å². The summed E-state index contributed by atoms with van der Waals surface area (Å²) >= 11 is 0. The van der Waals surface area contributed by atoms with Gasteiger partial charge in [0.05, 0.1) is 11.1 Å². The summed E-state index contributed by atoms with van der Waals surface area (Å²) in [5.74, 6) is -0.365. The minimum Gasteiger partial charge on any atom is -0.490 e. The number of imide groups is 1. The summed E-state index contributed by atoms with van der Waals surface area (Å²) in [4.78, 5) is 37.8. The van der Waals surface area contributed by atoms with Gasteiger partial charge >= 0.3 is 5.97 Å². The number of carbonyl (C=O) groups excluding carboxylic acids is 3. The number of esters is 1. The number of carbonyl (C=O) groups is 3. The fourth-order valence-corrected chi connectivity index (χ4v) is 3.78. The van der Waals surface area contributed by atoms with E-state index in [1.54, 1.807) is 30.3 Å². The second kappa shape index (κ2) is 7.39. The molecule has 156 valence electrons. The van der Waals surface area contributed by atoms with Crippen LogP contribution in [-0.2, 0) is 22.6 Å². The second-order valence-electron chi connectivity index (χ2n) is 7.54. The van der Waals surface area contributed by atoms with Crippen molar-refractivity contribution in [1.29, 1.82) is 0 Å². The Bertz CT molecular complexity index is 1180. The van der Waals surface area contributed by atoms with Crippen molar-refractivity contribution in [2.45, 2.75) is 26.1 Å². The zero-order valence-electron chi connectivity index (χ0n) is 16.7. The molecule has 0 aliphatic carbocycles. The minimum atomic E-state index is -0.709. The average Bonchev–Trinajstić information content (AvgIpc) is 3.45. The number of ether oxygens (including phenoxy) is 2. The van der Waals surface area contributed by atoms with E-state index in [-0.39, 0.29) is 23.8 Å². The van der Waals surface area contributed by atoms with E-state index >= 15 is 0 Å². The van der Waals surface area contributed by atoms with Gasteiger partial charge in [-0.1, -0.05) is 29.4 Å². The fraction of sp³-hybridized carbons (Fsp3) is 0.217. The molecule has 2 amide bonds. The highest BCUT2D eigenvalue weighted by atomic mass is 16.5. The van der Waals surface area contributed by atoms with Crippen molar-refractivity contribution in [3.63, 3.8) is 0 Å². The van der Waals surface area contributed by atoms with E-state index in [4.69, 9.17) is 14.0 Å². The summed E-state index contributed by atoms with van der Waals surface area (Å²) in [6.07, 6.45) is 1.03. The molecule has 8 nitrogen and oxygen atoms in total. The molecule has 31 heavy (non-hydrogen) atoms. The molecule has 2 aromatic carbocycles. The molecule has 0 saturated heterocycles. The van der Waals surface area contributed by atoms with E-state index in [1.165, 1.54) is 0 Å². The van der Waals surface area contributed by atoms with Crippen molar-refractivity contribution in [2.24, 2.45) is 0 Å². The van der Waals surface area contributed by atoms with Gasteiger partial charge in [-0.2, -0.15) is 0 Å². The van der Waals surface area contributed by atoms with Gasteiger partial charge in [0, 0.05) is 18.1 Å². The molecule has 0 saturated carbocycles. The van der Waals surface area contributed by atoms with Gasteiger partial charge in [-0.05, 0) is 30.7 Å². The topological polar surface area (TPSA) is 98.9 Å². The molecule has 3 aromatic rings. The molecular formula is C23H18N2O6. The van der Waals surface area contributed by atoms with E-state index in [9.17, 15) is 14.4 Å². The summed E-state index contributed by atoms with van der Waals surface area (Å²) < 4.78 is 16.3. The number of amides is 2. The van der Waals surface area contributed by atoms with Crippen LogP contribution in [0.3, 0.4) is 0 Å². The SMILES string of the molecule is CC1Cc2ccc(-c3cc(COC(=O)CN4C(=O)c5ccccc5C4=O)no3)cc2O1. The highest BCUT2D eigenvalue weighted by Crippen LogP contribution is 2.33. The Morgan fingerprint density at radius 2 is 1.87 bits per heavy atom. The molecule has 0 N–H and O–H groups in total. The lowest BCUT2D eigenvalue weighted by molar-refractivity contribution is -0.145. The van der Waals surface area contributed by atoms with Gasteiger partial charge in [-0.3, -0.25) is 19.3 Å². The zero-order valence-corrected chi connectivity index (χ0v) is 16.7. The third-order valence-electron chi connectivity index (χ3n) is 5.29. The number of hydrogen-bond acceptors (Lipinski definition) is 7. The van der Waals surface area contributed by atoms with Crippen molar-refractivity contribution < 1.29 is 28.4 Å². The van der Waals surface area contributed by atoms with Crippen LogP contribution < -0.4 is 4.74 Å². The number of hydrogen-bond donors (Lipinski definition) is 0. The third kappa shape index (κ3) is 3.46. The average molecular weight is 418 g/mol. The monoisotopic (exact) mass is 418 g/mol. The lowest BCUT2D eigenvalue weighted by Crippen LogP contribution is -2.35. The smallest absolute Gasteiger partial charge is 0.326 e. The first-order valence-electron chi connectivity index (χ1n) is 9.86. The van der Waals surface area contributed by atoms with Crippen LogP contribution in [0.2, 0.25) is 0 Å². The van der Waals surface area contributed by atoms with Gasteiger partial charge in [0.2, 0.25) is 0 Å². The molecule has 1 unspecified atom stereocenters. The standard InChI is InChI=1S/C23H18N2O6/c1-13-8-14-6-7-15(9-19(14)30-13)20-10-16(24-31-20)12-29-21(26)11-25-22(27)17-4-2-3-5-18(17)23(25)28/h2-7,9-10,13H,8,11-12H2,1H3. The Morgan fingerprint density at radius 3 is 2.61 bits per heavy atom. The van der Waals surface area contributed by atoms with E-state index in [0.29, 0.717) is 11.5 Å². The summed E-state index contributed by atoms with van der Waals surface area (Å²) in [6, 6.07) is 14.0. The predicted octanol–water partition coefficient (Wildman–Crippen LogP) is 3.00. The maximum absolute atomic E-state index is 12.3. The quantitative estimate of drug-likeness (QED) is 0.464. The third-order valence-corrected chi connectivity index (χ3v) is 5.29. The van der Waals surface area contributed by atoms with Crippen LogP contribution in [0.4, 0.5) is 0 Å². The van der Waals surface area contributed by atoms with Crippen LogP contribution in [0.1, 0.15) is 38.9 Å². The summed E-state index contributed by atoms with van der Waals surface area (Å²) in [6.45, 7) is 1.42. The molecule has 1 atom stereocenters. The highest BCUT2D eigenvalue weighted by molar-refractivity contribution is 6.22. The van der Waals surface area contributed by atoms with Crippen LogP contribution >= 0.6 is 0 Å². The van der Waals surface area contributed by atoms with Gasteiger partial charge in [0.25, 0.3) is 11.8 Å². The van der Waals surface area contributed by atoms with E-state index < -0.39 is 24.3 Å². The predicted molar refractivity (Wildman–Crippen MR) is 107 cm³/mol. The first kappa shape index (κ1) is 19.0. The summed E-state index contributed by atoms with van der Waals surface area (Å²) in [7, 11) is 0. The number of aromatic nitrogens is 1. The molecule has 1 aromatic heterocycles. The molecule has 0 bridgehead atoms. The molecule has 2 aliphatic rings. The van der Waals surface area contributed by atoms with Crippen LogP contribution in [-0.4, -0.2) is 40.5 Å². The lowest BCUT2D eigenvalue weighted by atomic mass is 10.1. The van der Waals surface area contributed by atoms with Gasteiger partial charge in [0.1, 0.15) is 30.7 Å². The van der Waals surface area contributed by atoms with E-state index in [0.717, 1.165) is 28.2 Å². The minimum absolute atomic E-state index is 0.135. The van der Waals surface area contributed by atoms with Gasteiger partial charge in [0.15, 0.2) is 5.76 Å². The Labute approximate surface area is 177 Å². The fourth-order valence-electron chi connectivity index (χ4n) is 3.78. The Kier molecular flexibility index (Phi) is 4.54. The molecule has 8 heteroatoms. The largest absolute Gasteiger partial charge is 0.490 e. The van der Waals surface area contributed by atoms with E-state index in [1.807, 2.05) is 25.1 Å². The number of nitrogens with zero attached hydrogens (tertiary/aromatic N) is 2. The molecule has 5 rings (SSSR count). The van der Waals surface area contributed by atoms with Crippen molar-refractivity contribution >= 4 is 17.8 Å². The zero-order chi connectivity index (χ0) is 21.5. The van der Waals surface area contributed by atoms with Crippen molar-refractivity contribution in [1.82, 2.24) is 10.1 Å². The summed E-state index contributed by atoms with van der Waals surface area (Å²) in [5, 5.41) is 3.93. The van der Waals surface area contributed by atoms with Crippen molar-refractivity contribution in [2.75, 3.05) is 6.54 Å². The molecule has 2 aliphatic heterocycles. The molecule has 3 heterocycles. The van der Waals surface area contributed by atoms with Crippen LogP contribution in [0, 0.1) is 0 Å². The maximum atomic E-state index is 12.3. The van der Waals surface area contributed by atoms with Gasteiger partial charge < -0.3 is 14.0 Å². The Balaban J connectivity index is 1.21. The second-order valence-corrected chi connectivity index (χ2v) is 7.54. The molecule has 0 spiro atoms. The normalized spacial score (nSPS) is 16.8. The summed E-state index contributed by atoms with van der Waals surface area (Å²) in [5.41, 5.74) is 2.95. The number of fused-ring (bicyclic) bond motifs is 2. The lowest BCUT2D eigenvalue weighted by Gasteiger charge is -2.12. The maximum Gasteiger partial charge on any atom is 0.326 e. The first-order chi connectivity index (χ1) is 15.0.